The van der Waals surface area contributed by atoms with E-state index in [-0.39, 0.29) is 12.3 Å². The molecule has 0 saturated heterocycles. The molecule has 2 aromatic rings. The van der Waals surface area contributed by atoms with Crippen LogP contribution in [0.5, 0.6) is 11.5 Å². The molecule has 0 heterocycles. The second-order valence-electron chi connectivity index (χ2n) is 8.43. The van der Waals surface area contributed by atoms with Gasteiger partial charge in [0.15, 0.2) is 17.4 Å². The summed E-state index contributed by atoms with van der Waals surface area (Å²) in [5.41, 5.74) is 0.463. The van der Waals surface area contributed by atoms with Gasteiger partial charge in [-0.3, -0.25) is 0 Å². The maximum Gasteiger partial charge on any atom is 0.426 e. The van der Waals surface area contributed by atoms with Gasteiger partial charge in [-0.15, -0.1) is 0 Å². The zero-order chi connectivity index (χ0) is 24.9. The van der Waals surface area contributed by atoms with Crippen LogP contribution >= 0.6 is 0 Å². The van der Waals surface area contributed by atoms with Crippen molar-refractivity contribution in [1.29, 1.82) is 0 Å². The maximum absolute atomic E-state index is 14.6. The molecule has 0 atom stereocenters. The Morgan fingerprint density at radius 1 is 0.912 bits per heavy atom. The standard InChI is InChI=1S/C25H25F7O2/c1-2-3-16-4-6-17(7-5-16)18-8-10-19(11-9-18)25(31,32)34-20-14-21(26)23(22(27)15-20)33-13-12-24(28,29)30/h8-17H,2-7H2,1H3/b13-12+. The highest BCUT2D eigenvalue weighted by atomic mass is 19.4. The van der Waals surface area contributed by atoms with Gasteiger partial charge in [0.2, 0.25) is 0 Å². The number of halogens is 7. The van der Waals surface area contributed by atoms with Crippen molar-refractivity contribution in [3.8, 4) is 11.5 Å². The lowest BCUT2D eigenvalue weighted by molar-refractivity contribution is -0.185. The van der Waals surface area contributed by atoms with E-state index in [0.29, 0.717) is 18.1 Å². The van der Waals surface area contributed by atoms with Gasteiger partial charge in [0.05, 0.1) is 17.9 Å². The Morgan fingerprint density at radius 2 is 1.50 bits per heavy atom. The molecule has 0 aliphatic heterocycles. The van der Waals surface area contributed by atoms with E-state index in [2.05, 4.69) is 16.4 Å². The Labute approximate surface area is 193 Å². The smallest absolute Gasteiger partial charge is 0.426 e. The minimum absolute atomic E-state index is 0.0501. The van der Waals surface area contributed by atoms with Gasteiger partial charge in [-0.25, -0.2) is 8.78 Å². The van der Waals surface area contributed by atoms with Crippen LogP contribution in [0.4, 0.5) is 30.7 Å². The van der Waals surface area contributed by atoms with Crippen LogP contribution in [0.15, 0.2) is 48.7 Å². The molecule has 2 aromatic carbocycles. The van der Waals surface area contributed by atoms with Crippen LogP contribution in [-0.4, -0.2) is 6.18 Å². The molecule has 0 radical (unpaired) electrons. The van der Waals surface area contributed by atoms with Crippen molar-refractivity contribution >= 4 is 0 Å². The van der Waals surface area contributed by atoms with Crippen LogP contribution in [0.25, 0.3) is 0 Å². The number of hydrogen-bond donors (Lipinski definition) is 0. The molecule has 1 aliphatic rings. The zero-order valence-corrected chi connectivity index (χ0v) is 18.5. The summed E-state index contributed by atoms with van der Waals surface area (Å²) in [6.45, 7) is 2.16. The highest BCUT2D eigenvalue weighted by molar-refractivity contribution is 5.36. The molecule has 0 amide bonds. The Morgan fingerprint density at radius 3 is 2.03 bits per heavy atom. The predicted octanol–water partition coefficient (Wildman–Crippen LogP) is 8.62. The van der Waals surface area contributed by atoms with Crippen molar-refractivity contribution in [1.82, 2.24) is 0 Å². The van der Waals surface area contributed by atoms with Crippen LogP contribution in [-0.2, 0) is 6.11 Å². The first kappa shape index (κ1) is 25.9. The molecule has 0 aromatic heterocycles. The molecule has 0 N–H and O–H groups in total. The predicted molar refractivity (Wildman–Crippen MR) is 113 cm³/mol. The van der Waals surface area contributed by atoms with Crippen molar-refractivity contribution in [3.05, 3.63) is 71.5 Å². The molecular formula is C25H25F7O2. The third kappa shape index (κ3) is 6.90. The summed E-state index contributed by atoms with van der Waals surface area (Å²) < 4.78 is 102. The number of alkyl halides is 5. The summed E-state index contributed by atoms with van der Waals surface area (Å²) in [4.78, 5) is 0. The summed E-state index contributed by atoms with van der Waals surface area (Å²) in [6.07, 6.45) is -2.38. The van der Waals surface area contributed by atoms with Crippen molar-refractivity contribution in [2.75, 3.05) is 0 Å². The van der Waals surface area contributed by atoms with Gasteiger partial charge in [0.1, 0.15) is 5.75 Å². The van der Waals surface area contributed by atoms with Gasteiger partial charge in [0.25, 0.3) is 0 Å². The van der Waals surface area contributed by atoms with Gasteiger partial charge in [0, 0.05) is 12.1 Å². The molecule has 0 bridgehead atoms. The third-order valence-electron chi connectivity index (χ3n) is 5.92. The van der Waals surface area contributed by atoms with Gasteiger partial charge >= 0.3 is 12.3 Å². The summed E-state index contributed by atoms with van der Waals surface area (Å²) >= 11 is 0. The van der Waals surface area contributed by atoms with Crippen molar-refractivity contribution < 1.29 is 40.2 Å². The summed E-state index contributed by atoms with van der Waals surface area (Å²) in [7, 11) is 0. The molecule has 9 heteroatoms. The van der Waals surface area contributed by atoms with E-state index in [4.69, 9.17) is 0 Å². The first-order chi connectivity index (χ1) is 16.0. The lowest BCUT2D eigenvalue weighted by Crippen LogP contribution is -2.22. The SMILES string of the molecule is CCCC1CCC(c2ccc(C(F)(F)Oc3cc(F)c(O/C=C/C(F)(F)F)c(F)c3)cc2)CC1. The van der Waals surface area contributed by atoms with Crippen molar-refractivity contribution in [3.63, 3.8) is 0 Å². The third-order valence-corrected chi connectivity index (χ3v) is 5.92. The molecular weight excluding hydrogens is 465 g/mol. The Kier molecular flexibility index (Phi) is 8.15. The van der Waals surface area contributed by atoms with Crippen LogP contribution in [0.1, 0.15) is 62.5 Å². The summed E-state index contributed by atoms with van der Waals surface area (Å²) in [5.74, 6) is -3.98. The lowest BCUT2D eigenvalue weighted by Gasteiger charge is -2.29. The Balaban J connectivity index is 1.67. The van der Waals surface area contributed by atoms with E-state index in [0.717, 1.165) is 43.6 Å². The van der Waals surface area contributed by atoms with Crippen LogP contribution in [0.2, 0.25) is 0 Å². The van der Waals surface area contributed by atoms with Crippen LogP contribution < -0.4 is 9.47 Å². The second kappa shape index (κ2) is 10.7. The fourth-order valence-corrected chi connectivity index (χ4v) is 4.24. The maximum atomic E-state index is 14.6. The average Bonchev–Trinajstić information content (AvgIpc) is 2.75. The van der Waals surface area contributed by atoms with Gasteiger partial charge in [-0.05, 0) is 55.2 Å². The first-order valence-electron chi connectivity index (χ1n) is 11.1. The number of ether oxygens (including phenoxy) is 2. The van der Waals surface area contributed by atoms with E-state index in [1.54, 1.807) is 12.1 Å². The molecule has 0 spiro atoms. The molecule has 1 aliphatic carbocycles. The molecule has 1 saturated carbocycles. The minimum atomic E-state index is -4.75. The molecule has 34 heavy (non-hydrogen) atoms. The van der Waals surface area contributed by atoms with Crippen LogP contribution in [0.3, 0.4) is 0 Å². The topological polar surface area (TPSA) is 18.5 Å². The second-order valence-corrected chi connectivity index (χ2v) is 8.43. The Hall–Kier alpha value is -2.71. The van der Waals surface area contributed by atoms with E-state index in [1.807, 2.05) is 0 Å². The number of allylic oxidation sites excluding steroid dienone is 1. The summed E-state index contributed by atoms with van der Waals surface area (Å²) in [5, 5.41) is 0. The fraction of sp³-hybridized carbons (Fsp3) is 0.440. The average molecular weight is 490 g/mol. The molecule has 1 fully saturated rings. The molecule has 2 nitrogen and oxygen atoms in total. The van der Waals surface area contributed by atoms with Gasteiger partial charge in [-0.1, -0.05) is 31.9 Å². The monoisotopic (exact) mass is 490 g/mol. The highest BCUT2D eigenvalue weighted by Crippen LogP contribution is 2.39. The van der Waals surface area contributed by atoms with Crippen molar-refractivity contribution in [2.45, 2.75) is 63.7 Å². The van der Waals surface area contributed by atoms with E-state index in [1.165, 1.54) is 18.6 Å². The van der Waals surface area contributed by atoms with Crippen LogP contribution in [0, 0.1) is 17.6 Å². The normalized spacial score (nSPS) is 19.4. The van der Waals surface area contributed by atoms with Crippen molar-refractivity contribution in [2.24, 2.45) is 5.92 Å². The highest BCUT2D eigenvalue weighted by Gasteiger charge is 2.35. The fourth-order valence-electron chi connectivity index (χ4n) is 4.24. The van der Waals surface area contributed by atoms with E-state index in [9.17, 15) is 30.7 Å². The molecule has 186 valence electrons. The quantitative estimate of drug-likeness (QED) is 0.272. The largest absolute Gasteiger partial charge is 0.459 e. The minimum Gasteiger partial charge on any atom is -0.459 e. The summed E-state index contributed by atoms with van der Waals surface area (Å²) in [6, 6.07) is 6.50. The lowest BCUT2D eigenvalue weighted by atomic mass is 9.77. The van der Waals surface area contributed by atoms with E-state index < -0.39 is 41.0 Å². The zero-order valence-electron chi connectivity index (χ0n) is 18.5. The molecule has 0 unspecified atom stereocenters. The number of rotatable bonds is 8. The first-order valence-corrected chi connectivity index (χ1v) is 11.1. The van der Waals surface area contributed by atoms with E-state index >= 15 is 0 Å². The number of hydrogen-bond acceptors (Lipinski definition) is 2. The Bertz CT molecular complexity index is 953. The molecule has 3 rings (SSSR count). The number of benzene rings is 2. The van der Waals surface area contributed by atoms with Gasteiger partial charge < -0.3 is 9.47 Å². The van der Waals surface area contributed by atoms with Gasteiger partial charge in [-0.2, -0.15) is 22.0 Å².